The van der Waals surface area contributed by atoms with Crippen molar-refractivity contribution in [2.24, 2.45) is 5.92 Å². The molecule has 2 fully saturated rings. The molecule has 2 heterocycles. The largest absolute Gasteiger partial charge is 0.469 e. The minimum absolute atomic E-state index is 0.0585. The molecule has 0 amide bonds. The Morgan fingerprint density at radius 2 is 1.70 bits per heavy atom. The first-order valence-electron chi connectivity index (χ1n) is 10.2. The lowest BCUT2D eigenvalue weighted by Gasteiger charge is -2.25. The molecule has 2 N–H and O–H groups in total. The van der Waals surface area contributed by atoms with E-state index in [0.717, 1.165) is 50.3 Å². The van der Waals surface area contributed by atoms with Crippen molar-refractivity contribution in [3.8, 4) is 11.3 Å². The van der Waals surface area contributed by atoms with Crippen LogP contribution in [0.2, 0.25) is 0 Å². The van der Waals surface area contributed by atoms with Gasteiger partial charge in [0.15, 0.2) is 0 Å². The van der Waals surface area contributed by atoms with Crippen molar-refractivity contribution in [3.63, 3.8) is 0 Å². The Hall–Kier alpha value is -2.14. The third-order valence-electron chi connectivity index (χ3n) is 6.28. The Labute approximate surface area is 160 Å². The molecule has 0 spiro atoms. The molecular weight excluding hydrogens is 338 g/mol. The molecule has 4 rings (SSSR count). The third-order valence-corrected chi connectivity index (χ3v) is 6.28. The highest BCUT2D eigenvalue weighted by molar-refractivity contribution is 5.72. The van der Waals surface area contributed by atoms with Gasteiger partial charge in [0.05, 0.1) is 24.9 Å². The standard InChI is InChI=1S/C22H29N3O2/c1-27-22(26)19-8-6-18(7-9-19)21-24-14-20(25-21)17-4-2-15(3-5-17)16-10-12-23-13-11-16/h2-5,14,16,18-19,23H,6-13H2,1H3,(H,24,25). The Balaban J connectivity index is 1.40. The lowest BCUT2D eigenvalue weighted by Crippen LogP contribution is -2.26. The average molecular weight is 367 g/mol. The minimum atomic E-state index is -0.0672. The molecule has 1 saturated carbocycles. The molecule has 144 valence electrons. The number of esters is 1. The Morgan fingerprint density at radius 1 is 1.00 bits per heavy atom. The number of carbonyl (C=O) groups excluding carboxylic acids is 1. The molecule has 0 atom stereocenters. The van der Waals surface area contributed by atoms with Crippen LogP contribution in [0.15, 0.2) is 30.5 Å². The maximum absolute atomic E-state index is 11.7. The van der Waals surface area contributed by atoms with E-state index in [1.807, 2.05) is 6.20 Å². The van der Waals surface area contributed by atoms with Crippen molar-refractivity contribution < 1.29 is 9.53 Å². The summed E-state index contributed by atoms with van der Waals surface area (Å²) < 4.78 is 4.88. The van der Waals surface area contributed by atoms with Crippen molar-refractivity contribution in [3.05, 3.63) is 41.9 Å². The minimum Gasteiger partial charge on any atom is -0.469 e. The summed E-state index contributed by atoms with van der Waals surface area (Å²) in [5.41, 5.74) is 3.72. The fraction of sp³-hybridized carbons (Fsp3) is 0.545. The Bertz CT molecular complexity index is 754. The van der Waals surface area contributed by atoms with Crippen molar-refractivity contribution in [1.82, 2.24) is 15.3 Å². The summed E-state index contributed by atoms with van der Waals surface area (Å²) in [6.45, 7) is 2.24. The number of nitrogens with one attached hydrogen (secondary N) is 2. The summed E-state index contributed by atoms with van der Waals surface area (Å²) in [7, 11) is 1.48. The number of hydrogen-bond donors (Lipinski definition) is 2. The number of benzene rings is 1. The normalized spacial score (nSPS) is 23.9. The topological polar surface area (TPSA) is 67.0 Å². The number of H-pyrrole nitrogens is 1. The first-order chi connectivity index (χ1) is 13.2. The average Bonchev–Trinajstić information content (AvgIpc) is 3.24. The Kier molecular flexibility index (Phi) is 5.58. The van der Waals surface area contributed by atoms with Gasteiger partial charge in [-0.15, -0.1) is 0 Å². The molecule has 2 aliphatic rings. The van der Waals surface area contributed by atoms with E-state index in [4.69, 9.17) is 4.74 Å². The number of aromatic amines is 1. The number of imidazole rings is 1. The van der Waals surface area contributed by atoms with Crippen LogP contribution in [0.4, 0.5) is 0 Å². The van der Waals surface area contributed by atoms with Crippen LogP contribution < -0.4 is 5.32 Å². The van der Waals surface area contributed by atoms with E-state index in [1.54, 1.807) is 0 Å². The molecule has 1 saturated heterocycles. The molecular formula is C22H29N3O2. The van der Waals surface area contributed by atoms with Crippen LogP contribution in [0.5, 0.6) is 0 Å². The van der Waals surface area contributed by atoms with Crippen molar-refractivity contribution in [2.75, 3.05) is 20.2 Å². The second kappa shape index (κ2) is 8.26. The summed E-state index contributed by atoms with van der Waals surface area (Å²) in [4.78, 5) is 19.8. The highest BCUT2D eigenvalue weighted by Gasteiger charge is 2.29. The van der Waals surface area contributed by atoms with Gasteiger partial charge in [-0.05, 0) is 68.7 Å². The molecule has 5 heteroatoms. The van der Waals surface area contributed by atoms with E-state index in [2.05, 4.69) is 39.6 Å². The van der Waals surface area contributed by atoms with Gasteiger partial charge >= 0.3 is 5.97 Å². The van der Waals surface area contributed by atoms with Gasteiger partial charge < -0.3 is 15.0 Å². The van der Waals surface area contributed by atoms with Crippen molar-refractivity contribution in [1.29, 1.82) is 0 Å². The van der Waals surface area contributed by atoms with Crippen LogP contribution in [0.3, 0.4) is 0 Å². The molecule has 1 aliphatic heterocycles. The molecule has 0 unspecified atom stereocenters. The Morgan fingerprint density at radius 3 is 2.37 bits per heavy atom. The van der Waals surface area contributed by atoms with E-state index >= 15 is 0 Å². The highest BCUT2D eigenvalue weighted by Crippen LogP contribution is 2.36. The quantitative estimate of drug-likeness (QED) is 0.802. The molecule has 1 aromatic carbocycles. The van der Waals surface area contributed by atoms with Crippen LogP contribution in [-0.4, -0.2) is 36.1 Å². The SMILES string of the molecule is COC(=O)C1CCC(c2ncc(-c3ccc(C4CCNCC4)cc3)[nH]2)CC1. The van der Waals surface area contributed by atoms with E-state index in [9.17, 15) is 4.79 Å². The summed E-state index contributed by atoms with van der Waals surface area (Å²) in [5, 5.41) is 3.43. The zero-order chi connectivity index (χ0) is 18.6. The van der Waals surface area contributed by atoms with Gasteiger partial charge in [-0.25, -0.2) is 4.98 Å². The molecule has 0 radical (unpaired) electrons. The number of piperidine rings is 1. The molecule has 5 nitrogen and oxygen atoms in total. The second-order valence-electron chi connectivity index (χ2n) is 7.90. The zero-order valence-electron chi connectivity index (χ0n) is 16.0. The second-order valence-corrected chi connectivity index (χ2v) is 7.90. The number of ether oxygens (including phenoxy) is 1. The smallest absolute Gasteiger partial charge is 0.308 e. The van der Waals surface area contributed by atoms with Crippen LogP contribution >= 0.6 is 0 Å². The van der Waals surface area contributed by atoms with E-state index in [-0.39, 0.29) is 11.9 Å². The van der Waals surface area contributed by atoms with Crippen LogP contribution in [-0.2, 0) is 9.53 Å². The highest BCUT2D eigenvalue weighted by atomic mass is 16.5. The molecule has 27 heavy (non-hydrogen) atoms. The van der Waals surface area contributed by atoms with E-state index < -0.39 is 0 Å². The molecule has 0 bridgehead atoms. The van der Waals surface area contributed by atoms with Crippen LogP contribution in [0, 0.1) is 5.92 Å². The van der Waals surface area contributed by atoms with Gasteiger partial charge in [-0.2, -0.15) is 0 Å². The van der Waals surface area contributed by atoms with Gasteiger partial charge in [0, 0.05) is 5.92 Å². The lowest BCUT2D eigenvalue weighted by molar-refractivity contribution is -0.146. The summed E-state index contributed by atoms with van der Waals surface area (Å²) in [5.74, 6) is 2.14. The predicted octanol–water partition coefficient (Wildman–Crippen LogP) is 3.99. The van der Waals surface area contributed by atoms with E-state index in [1.165, 1.54) is 31.1 Å². The fourth-order valence-electron chi connectivity index (χ4n) is 4.55. The number of methoxy groups -OCH3 is 1. The monoisotopic (exact) mass is 367 g/mol. The summed E-state index contributed by atoms with van der Waals surface area (Å²) in [6.07, 6.45) is 8.14. The van der Waals surface area contributed by atoms with Gasteiger partial charge in [-0.1, -0.05) is 24.3 Å². The van der Waals surface area contributed by atoms with Crippen LogP contribution in [0.1, 0.15) is 61.7 Å². The molecule has 2 aromatic rings. The number of aromatic nitrogens is 2. The van der Waals surface area contributed by atoms with E-state index in [0.29, 0.717) is 11.8 Å². The first kappa shape index (κ1) is 18.2. The number of hydrogen-bond acceptors (Lipinski definition) is 4. The fourth-order valence-corrected chi connectivity index (χ4v) is 4.55. The number of rotatable bonds is 4. The molecule has 1 aromatic heterocycles. The van der Waals surface area contributed by atoms with Crippen molar-refractivity contribution in [2.45, 2.75) is 50.4 Å². The van der Waals surface area contributed by atoms with Gasteiger partial charge in [0.25, 0.3) is 0 Å². The third kappa shape index (κ3) is 4.08. The van der Waals surface area contributed by atoms with Gasteiger partial charge in [0.2, 0.25) is 0 Å². The maximum atomic E-state index is 11.7. The van der Waals surface area contributed by atoms with Crippen LogP contribution in [0.25, 0.3) is 11.3 Å². The van der Waals surface area contributed by atoms with Gasteiger partial charge in [0.1, 0.15) is 5.82 Å². The maximum Gasteiger partial charge on any atom is 0.308 e. The zero-order valence-corrected chi connectivity index (χ0v) is 16.0. The predicted molar refractivity (Wildman–Crippen MR) is 106 cm³/mol. The summed E-state index contributed by atoms with van der Waals surface area (Å²) in [6, 6.07) is 8.96. The van der Waals surface area contributed by atoms with Gasteiger partial charge in [-0.3, -0.25) is 4.79 Å². The summed E-state index contributed by atoms with van der Waals surface area (Å²) >= 11 is 0. The lowest BCUT2D eigenvalue weighted by atomic mass is 9.81. The number of nitrogens with zero attached hydrogens (tertiary/aromatic N) is 1. The first-order valence-corrected chi connectivity index (χ1v) is 10.2. The molecule has 1 aliphatic carbocycles. The van der Waals surface area contributed by atoms with Crippen molar-refractivity contribution >= 4 is 5.97 Å². The number of carbonyl (C=O) groups is 1.